The standard InChI is InChI=1S/C42H64FN3O2/c1-27(2)33-11-8-29(5)22-36(33)42(37-23-30(6)9-12-34(37)28(3)4)38-25-41(26-47-40(38)35-24-32(43)10-13-39(35)48-42)14-17-45(18-15-41)20-21-46-19-16-44-31(46)7/h10,13,16,19,24,27-30,33-34,36-38,40H,8-9,11-12,14-15,17-18,20-23,25-26H2,1-7H3/t29?,30?,33?,34?,36?,37?,38-,40+,42?/m1/s1. The smallest absolute Gasteiger partial charge is 0.126 e. The topological polar surface area (TPSA) is 39.5 Å². The number of aromatic nitrogens is 2. The van der Waals surface area contributed by atoms with Crippen LogP contribution in [0.4, 0.5) is 4.39 Å². The number of nitrogens with zero attached hydrogens (tertiary/aromatic N) is 3. The first kappa shape index (κ1) is 34.5. The molecule has 5 aliphatic rings. The van der Waals surface area contributed by atoms with Gasteiger partial charge in [-0.15, -0.1) is 0 Å². The Hall–Kier alpha value is -1.92. The minimum absolute atomic E-state index is 0.104. The molecular weight excluding hydrogens is 597 g/mol. The van der Waals surface area contributed by atoms with Crippen LogP contribution in [0.25, 0.3) is 0 Å². The number of ether oxygens (including phenoxy) is 2. The summed E-state index contributed by atoms with van der Waals surface area (Å²) in [6.45, 7) is 22.0. The van der Waals surface area contributed by atoms with E-state index >= 15 is 4.39 Å². The second-order valence-electron chi connectivity index (χ2n) is 18.1. The number of halogens is 1. The summed E-state index contributed by atoms with van der Waals surface area (Å²) in [6, 6.07) is 5.33. The quantitative estimate of drug-likeness (QED) is 0.296. The van der Waals surface area contributed by atoms with Crippen LogP contribution in [0.3, 0.4) is 0 Å². The van der Waals surface area contributed by atoms with E-state index in [9.17, 15) is 0 Å². The lowest BCUT2D eigenvalue weighted by molar-refractivity contribution is -0.242. The zero-order valence-electron chi connectivity index (χ0n) is 31.1. The average Bonchev–Trinajstić information content (AvgIpc) is 3.48. The van der Waals surface area contributed by atoms with Crippen molar-refractivity contribution in [1.82, 2.24) is 14.5 Å². The van der Waals surface area contributed by atoms with Crippen LogP contribution in [-0.2, 0) is 11.3 Å². The largest absolute Gasteiger partial charge is 0.486 e. The van der Waals surface area contributed by atoms with Gasteiger partial charge in [0.2, 0.25) is 0 Å². The molecule has 1 aromatic carbocycles. The molecule has 48 heavy (non-hydrogen) atoms. The van der Waals surface area contributed by atoms with Crippen molar-refractivity contribution < 1.29 is 13.9 Å². The second kappa shape index (κ2) is 13.7. The first-order valence-corrected chi connectivity index (χ1v) is 19.8. The molecule has 6 unspecified atom stereocenters. The summed E-state index contributed by atoms with van der Waals surface area (Å²) < 4.78 is 32.4. The molecule has 4 heterocycles. The fourth-order valence-electron chi connectivity index (χ4n) is 11.7. The van der Waals surface area contributed by atoms with E-state index in [1.165, 1.54) is 38.5 Å². The molecule has 4 fully saturated rings. The summed E-state index contributed by atoms with van der Waals surface area (Å²) in [6.07, 6.45) is 15.0. The molecular formula is C42H64FN3O2. The number of fused-ring (bicyclic) bond motifs is 3. The molecule has 8 atom stereocenters. The van der Waals surface area contributed by atoms with Gasteiger partial charge in [-0.05, 0) is 124 Å². The van der Waals surface area contributed by atoms with Crippen LogP contribution in [0.5, 0.6) is 5.75 Å². The maximum Gasteiger partial charge on any atom is 0.126 e. The number of benzene rings is 1. The monoisotopic (exact) mass is 661 g/mol. The van der Waals surface area contributed by atoms with Crippen molar-refractivity contribution in [3.05, 3.63) is 47.8 Å². The van der Waals surface area contributed by atoms with Crippen molar-refractivity contribution in [3.63, 3.8) is 0 Å². The second-order valence-corrected chi connectivity index (χ2v) is 18.1. The lowest BCUT2D eigenvalue weighted by Crippen LogP contribution is -2.67. The number of rotatable bonds is 7. The average molecular weight is 662 g/mol. The van der Waals surface area contributed by atoms with Crippen molar-refractivity contribution in [2.24, 2.45) is 58.7 Å². The van der Waals surface area contributed by atoms with E-state index < -0.39 is 0 Å². The zero-order chi connectivity index (χ0) is 33.8. The minimum atomic E-state index is -0.313. The fraction of sp³-hybridized carbons (Fsp3) is 0.786. The van der Waals surface area contributed by atoms with Gasteiger partial charge < -0.3 is 18.9 Å². The van der Waals surface area contributed by atoms with Crippen LogP contribution in [-0.4, -0.2) is 46.3 Å². The SMILES string of the molecule is Cc1nccn1CCN1CCC2(CC1)CO[C@H]1c3cc(F)ccc3OC(C3CC(C)CCC3C(C)C)(C3CC(C)CCC3C(C)C)[C@@H]1C2. The van der Waals surface area contributed by atoms with Gasteiger partial charge in [-0.3, -0.25) is 0 Å². The molecule has 266 valence electrons. The number of likely N-dealkylation sites (tertiary alicyclic amines) is 1. The molecule has 0 N–H and O–H groups in total. The Morgan fingerprint density at radius 1 is 0.896 bits per heavy atom. The Morgan fingerprint density at radius 2 is 1.54 bits per heavy atom. The predicted octanol–water partition coefficient (Wildman–Crippen LogP) is 9.74. The highest BCUT2D eigenvalue weighted by molar-refractivity contribution is 5.41. The van der Waals surface area contributed by atoms with Gasteiger partial charge in [-0.2, -0.15) is 0 Å². The summed E-state index contributed by atoms with van der Waals surface area (Å²) in [4.78, 5) is 7.09. The highest BCUT2D eigenvalue weighted by Gasteiger charge is 2.65. The van der Waals surface area contributed by atoms with Crippen molar-refractivity contribution in [1.29, 1.82) is 0 Å². The number of aryl methyl sites for hydroxylation is 1. The number of piperidine rings is 1. The van der Waals surface area contributed by atoms with Crippen LogP contribution >= 0.6 is 0 Å². The molecule has 2 aromatic rings. The third kappa shape index (κ3) is 6.29. The Kier molecular flexibility index (Phi) is 9.82. The predicted molar refractivity (Wildman–Crippen MR) is 191 cm³/mol. The van der Waals surface area contributed by atoms with E-state index in [0.29, 0.717) is 47.3 Å². The normalized spacial score (nSPS) is 37.0. The first-order chi connectivity index (χ1) is 23.0. The van der Waals surface area contributed by atoms with Crippen molar-refractivity contribution in [3.8, 4) is 5.75 Å². The van der Waals surface area contributed by atoms with E-state index in [0.717, 1.165) is 69.2 Å². The summed E-state index contributed by atoms with van der Waals surface area (Å²) in [5.74, 6) is 6.85. The molecule has 0 bridgehead atoms. The summed E-state index contributed by atoms with van der Waals surface area (Å²) in [7, 11) is 0. The lowest BCUT2D eigenvalue weighted by Gasteiger charge is -2.64. The van der Waals surface area contributed by atoms with Crippen molar-refractivity contribution >= 4 is 0 Å². The van der Waals surface area contributed by atoms with Gasteiger partial charge in [-0.1, -0.05) is 54.4 Å². The zero-order valence-corrected chi connectivity index (χ0v) is 31.1. The van der Waals surface area contributed by atoms with Crippen LogP contribution < -0.4 is 4.74 Å². The van der Waals surface area contributed by atoms with Crippen LogP contribution in [0.15, 0.2) is 30.6 Å². The Balaban J connectivity index is 1.29. The third-order valence-electron chi connectivity index (χ3n) is 14.4. The highest BCUT2D eigenvalue weighted by Crippen LogP contribution is 2.65. The highest BCUT2D eigenvalue weighted by atomic mass is 19.1. The van der Waals surface area contributed by atoms with Gasteiger partial charge in [0.05, 0.1) is 12.7 Å². The molecule has 6 heteroatoms. The van der Waals surface area contributed by atoms with E-state index in [1.807, 2.05) is 12.3 Å². The summed E-state index contributed by atoms with van der Waals surface area (Å²) in [5, 5.41) is 0. The van der Waals surface area contributed by atoms with Gasteiger partial charge in [0, 0.05) is 48.8 Å². The molecule has 2 aliphatic carbocycles. The van der Waals surface area contributed by atoms with Crippen LogP contribution in [0, 0.1) is 71.4 Å². The molecule has 2 saturated heterocycles. The van der Waals surface area contributed by atoms with Crippen molar-refractivity contribution in [2.75, 3.05) is 26.2 Å². The maximum absolute atomic E-state index is 15.1. The Labute approximate surface area is 290 Å². The molecule has 1 spiro atoms. The lowest BCUT2D eigenvalue weighted by atomic mass is 9.48. The molecule has 5 nitrogen and oxygen atoms in total. The maximum atomic E-state index is 15.1. The minimum Gasteiger partial charge on any atom is -0.486 e. The summed E-state index contributed by atoms with van der Waals surface area (Å²) >= 11 is 0. The van der Waals surface area contributed by atoms with E-state index in [4.69, 9.17) is 9.47 Å². The van der Waals surface area contributed by atoms with Crippen molar-refractivity contribution in [2.45, 2.75) is 125 Å². The van der Waals surface area contributed by atoms with Crippen LogP contribution in [0.2, 0.25) is 0 Å². The molecule has 1 aromatic heterocycles. The van der Waals surface area contributed by atoms with E-state index in [2.05, 4.69) is 69.1 Å². The first-order valence-electron chi connectivity index (χ1n) is 19.8. The molecule has 2 saturated carbocycles. The van der Waals surface area contributed by atoms with Gasteiger partial charge in [0.25, 0.3) is 0 Å². The Bertz CT molecular complexity index is 1360. The molecule has 3 aliphatic heterocycles. The number of hydrogen-bond donors (Lipinski definition) is 0. The van der Waals surface area contributed by atoms with Gasteiger partial charge in [0.1, 0.15) is 23.0 Å². The fourth-order valence-corrected chi connectivity index (χ4v) is 11.7. The molecule has 7 rings (SSSR count). The van der Waals surface area contributed by atoms with Gasteiger partial charge >= 0.3 is 0 Å². The van der Waals surface area contributed by atoms with Gasteiger partial charge in [-0.25, -0.2) is 9.37 Å². The van der Waals surface area contributed by atoms with Crippen LogP contribution in [0.1, 0.15) is 117 Å². The number of hydrogen-bond acceptors (Lipinski definition) is 4. The molecule has 0 amide bonds. The summed E-state index contributed by atoms with van der Waals surface area (Å²) in [5.41, 5.74) is 0.795. The van der Waals surface area contributed by atoms with Gasteiger partial charge in [0.15, 0.2) is 0 Å². The third-order valence-corrected chi connectivity index (χ3v) is 14.4. The Morgan fingerprint density at radius 3 is 2.12 bits per heavy atom. The van der Waals surface area contributed by atoms with E-state index in [-0.39, 0.29) is 28.9 Å². The van der Waals surface area contributed by atoms with E-state index in [1.54, 1.807) is 12.1 Å². The molecule has 0 radical (unpaired) electrons. The number of imidazole rings is 1.